The molecule has 4 aromatic rings. The number of aromatic nitrogens is 3. The molecular formula is C20H14ClN3O. The predicted molar refractivity (Wildman–Crippen MR) is 101 cm³/mol. The molecule has 1 N–H and O–H groups in total. The number of allylic oxidation sites excluding steroid dienone is 1. The van der Waals surface area contributed by atoms with E-state index in [1.807, 2.05) is 55.5 Å². The van der Waals surface area contributed by atoms with Gasteiger partial charge < -0.3 is 4.98 Å². The molecule has 0 bridgehead atoms. The Labute approximate surface area is 149 Å². The molecule has 0 aliphatic carbocycles. The quantitative estimate of drug-likeness (QED) is 0.323. The van der Waals surface area contributed by atoms with Crippen molar-refractivity contribution in [3.05, 3.63) is 76.7 Å². The van der Waals surface area contributed by atoms with Crippen LogP contribution in [0.15, 0.2) is 54.6 Å². The molecule has 0 spiro atoms. The fourth-order valence-corrected chi connectivity index (χ4v) is 2.91. The van der Waals surface area contributed by atoms with E-state index in [4.69, 9.17) is 11.6 Å². The Balaban J connectivity index is 1.66. The number of ketones is 1. The van der Waals surface area contributed by atoms with Gasteiger partial charge in [0, 0.05) is 10.9 Å². The summed E-state index contributed by atoms with van der Waals surface area (Å²) in [5.74, 6) is 0.0919. The summed E-state index contributed by atoms with van der Waals surface area (Å²) in [6.07, 6.45) is 3.13. The molecule has 4 nitrogen and oxygen atoms in total. The molecule has 0 atom stereocenters. The summed E-state index contributed by atoms with van der Waals surface area (Å²) in [6, 6.07) is 15.4. The number of pyridine rings is 1. The zero-order chi connectivity index (χ0) is 17.4. The lowest BCUT2D eigenvalue weighted by Gasteiger charge is -2.03. The number of nitrogens with one attached hydrogen (secondary N) is 1. The standard InChI is InChI=1S/C20H14ClN3O/c1-12-6-7-13-11-14(19(21)22-17(13)10-12)8-9-18(25)20-23-15-4-2-3-5-16(15)24-20/h2-11H,1H3,(H,23,24). The van der Waals surface area contributed by atoms with Gasteiger partial charge in [0.1, 0.15) is 5.15 Å². The third-order valence-electron chi connectivity index (χ3n) is 3.99. The van der Waals surface area contributed by atoms with E-state index < -0.39 is 0 Å². The summed E-state index contributed by atoms with van der Waals surface area (Å²) >= 11 is 6.25. The van der Waals surface area contributed by atoms with E-state index in [0.29, 0.717) is 16.5 Å². The monoisotopic (exact) mass is 347 g/mol. The number of halogens is 1. The molecule has 25 heavy (non-hydrogen) atoms. The van der Waals surface area contributed by atoms with Crippen molar-refractivity contribution >= 4 is 45.4 Å². The first kappa shape index (κ1) is 15.5. The van der Waals surface area contributed by atoms with E-state index in [2.05, 4.69) is 15.0 Å². The van der Waals surface area contributed by atoms with Gasteiger partial charge in [0.25, 0.3) is 0 Å². The van der Waals surface area contributed by atoms with E-state index in [0.717, 1.165) is 27.5 Å². The maximum atomic E-state index is 12.4. The number of H-pyrrole nitrogens is 1. The van der Waals surface area contributed by atoms with Crippen LogP contribution in [0.1, 0.15) is 21.7 Å². The van der Waals surface area contributed by atoms with Gasteiger partial charge >= 0.3 is 0 Å². The van der Waals surface area contributed by atoms with Gasteiger partial charge in [-0.05, 0) is 48.9 Å². The fraction of sp³-hybridized carbons (Fsp3) is 0.0500. The normalized spacial score (nSPS) is 11.6. The zero-order valence-electron chi connectivity index (χ0n) is 13.5. The number of benzene rings is 2. The second kappa shape index (κ2) is 6.15. The molecule has 4 rings (SSSR count). The van der Waals surface area contributed by atoms with Gasteiger partial charge in [0.05, 0.1) is 16.6 Å². The van der Waals surface area contributed by atoms with Gasteiger partial charge in [-0.1, -0.05) is 35.9 Å². The highest BCUT2D eigenvalue weighted by atomic mass is 35.5. The Bertz CT molecular complexity index is 1110. The van der Waals surface area contributed by atoms with Gasteiger partial charge in [0.15, 0.2) is 5.82 Å². The summed E-state index contributed by atoms with van der Waals surface area (Å²) < 4.78 is 0. The van der Waals surface area contributed by atoms with Crippen molar-refractivity contribution in [1.29, 1.82) is 0 Å². The van der Waals surface area contributed by atoms with Crippen molar-refractivity contribution in [2.24, 2.45) is 0 Å². The topological polar surface area (TPSA) is 58.6 Å². The van der Waals surface area contributed by atoms with Crippen LogP contribution in [0.4, 0.5) is 0 Å². The lowest BCUT2D eigenvalue weighted by molar-refractivity contribution is 0.103. The molecule has 5 heteroatoms. The third kappa shape index (κ3) is 3.04. The number of carbonyl (C=O) groups excluding carboxylic acids is 1. The van der Waals surface area contributed by atoms with Crippen LogP contribution in [0.25, 0.3) is 28.0 Å². The van der Waals surface area contributed by atoms with Gasteiger partial charge in [-0.25, -0.2) is 9.97 Å². The minimum Gasteiger partial charge on any atom is -0.335 e. The maximum Gasteiger partial charge on any atom is 0.221 e. The summed E-state index contributed by atoms with van der Waals surface area (Å²) in [5, 5.41) is 1.34. The van der Waals surface area contributed by atoms with Gasteiger partial charge in [-0.2, -0.15) is 0 Å². The van der Waals surface area contributed by atoms with Crippen LogP contribution in [0, 0.1) is 6.92 Å². The highest BCUT2D eigenvalue weighted by Gasteiger charge is 2.09. The summed E-state index contributed by atoms with van der Waals surface area (Å²) in [5.41, 5.74) is 4.26. The molecule has 122 valence electrons. The van der Waals surface area contributed by atoms with Crippen LogP contribution in [-0.4, -0.2) is 20.7 Å². The van der Waals surface area contributed by atoms with Crippen LogP contribution in [-0.2, 0) is 0 Å². The van der Waals surface area contributed by atoms with Gasteiger partial charge in [-0.3, -0.25) is 4.79 Å². The zero-order valence-corrected chi connectivity index (χ0v) is 14.2. The SMILES string of the molecule is Cc1ccc2cc(C=CC(=O)c3nc4ccccc4[nH]3)c(Cl)nc2c1. The number of imidazole rings is 1. The number of carbonyl (C=O) groups is 1. The molecule has 0 amide bonds. The van der Waals surface area contributed by atoms with Gasteiger partial charge in [0.2, 0.25) is 5.78 Å². The Morgan fingerprint density at radius 3 is 2.76 bits per heavy atom. The second-order valence-electron chi connectivity index (χ2n) is 5.86. The number of nitrogens with zero attached hydrogens (tertiary/aromatic N) is 2. The molecule has 0 saturated carbocycles. The molecule has 0 radical (unpaired) electrons. The first-order chi connectivity index (χ1) is 12.1. The highest BCUT2D eigenvalue weighted by Crippen LogP contribution is 2.23. The maximum absolute atomic E-state index is 12.4. The van der Waals surface area contributed by atoms with Crippen molar-refractivity contribution < 1.29 is 4.79 Å². The average molecular weight is 348 g/mol. The lowest BCUT2D eigenvalue weighted by Crippen LogP contribution is -1.97. The fourth-order valence-electron chi connectivity index (χ4n) is 2.70. The Hall–Kier alpha value is -2.98. The number of rotatable bonds is 3. The van der Waals surface area contributed by atoms with Crippen molar-refractivity contribution in [3.8, 4) is 0 Å². The number of hydrogen-bond acceptors (Lipinski definition) is 3. The van der Waals surface area contributed by atoms with E-state index in [-0.39, 0.29) is 5.78 Å². The number of fused-ring (bicyclic) bond motifs is 2. The first-order valence-electron chi connectivity index (χ1n) is 7.84. The number of aromatic amines is 1. The molecule has 0 fully saturated rings. The molecule has 2 aromatic carbocycles. The van der Waals surface area contributed by atoms with Crippen LogP contribution in [0.3, 0.4) is 0 Å². The number of para-hydroxylation sites is 2. The van der Waals surface area contributed by atoms with E-state index >= 15 is 0 Å². The molecule has 0 aliphatic rings. The lowest BCUT2D eigenvalue weighted by atomic mass is 10.1. The Morgan fingerprint density at radius 2 is 1.92 bits per heavy atom. The first-order valence-corrected chi connectivity index (χ1v) is 8.22. The van der Waals surface area contributed by atoms with Crippen LogP contribution in [0.5, 0.6) is 0 Å². The van der Waals surface area contributed by atoms with Crippen molar-refractivity contribution in [3.63, 3.8) is 0 Å². The molecule has 0 unspecified atom stereocenters. The van der Waals surface area contributed by atoms with Crippen molar-refractivity contribution in [1.82, 2.24) is 15.0 Å². The number of aryl methyl sites for hydroxylation is 1. The minimum absolute atomic E-state index is 0.212. The Morgan fingerprint density at radius 1 is 1.08 bits per heavy atom. The van der Waals surface area contributed by atoms with Crippen LogP contribution < -0.4 is 0 Å². The van der Waals surface area contributed by atoms with E-state index in [1.54, 1.807) is 6.08 Å². The molecule has 0 aliphatic heterocycles. The Kier molecular flexibility index (Phi) is 3.82. The molecule has 0 saturated heterocycles. The van der Waals surface area contributed by atoms with Crippen molar-refractivity contribution in [2.45, 2.75) is 6.92 Å². The number of hydrogen-bond donors (Lipinski definition) is 1. The highest BCUT2D eigenvalue weighted by molar-refractivity contribution is 6.31. The molecule has 2 heterocycles. The minimum atomic E-state index is -0.212. The molecular weight excluding hydrogens is 334 g/mol. The molecule has 2 aromatic heterocycles. The van der Waals surface area contributed by atoms with Gasteiger partial charge in [-0.15, -0.1) is 0 Å². The summed E-state index contributed by atoms with van der Waals surface area (Å²) in [7, 11) is 0. The summed E-state index contributed by atoms with van der Waals surface area (Å²) in [6.45, 7) is 2.01. The van der Waals surface area contributed by atoms with E-state index in [9.17, 15) is 4.79 Å². The van der Waals surface area contributed by atoms with E-state index in [1.165, 1.54) is 6.08 Å². The largest absolute Gasteiger partial charge is 0.335 e. The summed E-state index contributed by atoms with van der Waals surface area (Å²) in [4.78, 5) is 24.1. The van der Waals surface area contributed by atoms with Crippen LogP contribution >= 0.6 is 11.6 Å². The average Bonchev–Trinajstić information content (AvgIpc) is 3.04. The predicted octanol–water partition coefficient (Wildman–Crippen LogP) is 4.97. The van der Waals surface area contributed by atoms with Crippen LogP contribution in [0.2, 0.25) is 5.15 Å². The smallest absolute Gasteiger partial charge is 0.221 e. The third-order valence-corrected chi connectivity index (χ3v) is 4.29. The van der Waals surface area contributed by atoms with Crippen molar-refractivity contribution in [2.75, 3.05) is 0 Å². The second-order valence-corrected chi connectivity index (χ2v) is 6.22.